The standard InChI is InChI=1S/C20H15F5N4O/c1-12(22)18(30)28-10-19(9-21,11-28)29-17-15(3-2-8-26-17)16(27-29)13-4-6-14(7-5-13)20(23,24)25/h2-8H,1,9-11H2. The van der Waals surface area contributed by atoms with Crippen LogP contribution in [0.4, 0.5) is 22.0 Å². The van der Waals surface area contributed by atoms with Gasteiger partial charge in [0, 0.05) is 17.1 Å². The molecular weight excluding hydrogens is 407 g/mol. The summed E-state index contributed by atoms with van der Waals surface area (Å²) in [6.07, 6.45) is -2.99. The molecule has 1 fully saturated rings. The van der Waals surface area contributed by atoms with Crippen molar-refractivity contribution in [3.05, 3.63) is 60.6 Å². The van der Waals surface area contributed by atoms with Crippen LogP contribution in [0.3, 0.4) is 0 Å². The quantitative estimate of drug-likeness (QED) is 0.470. The molecule has 1 aliphatic heterocycles. The normalized spacial score (nSPS) is 15.8. The highest BCUT2D eigenvalue weighted by Gasteiger charge is 2.49. The second-order valence-corrected chi connectivity index (χ2v) is 7.13. The van der Waals surface area contributed by atoms with Gasteiger partial charge in [0.2, 0.25) is 0 Å². The molecule has 0 aliphatic carbocycles. The monoisotopic (exact) mass is 422 g/mol. The minimum atomic E-state index is -4.47. The lowest BCUT2D eigenvalue weighted by atomic mass is 9.91. The van der Waals surface area contributed by atoms with Crippen LogP contribution in [0.2, 0.25) is 0 Å². The summed E-state index contributed by atoms with van der Waals surface area (Å²) >= 11 is 0. The number of likely N-dealkylation sites (tertiary alicyclic amines) is 1. The fourth-order valence-electron chi connectivity index (χ4n) is 3.57. The van der Waals surface area contributed by atoms with Crippen LogP contribution in [0, 0.1) is 0 Å². The molecule has 1 amide bonds. The highest BCUT2D eigenvalue weighted by molar-refractivity contribution is 5.92. The van der Waals surface area contributed by atoms with Gasteiger partial charge in [-0.05, 0) is 24.3 Å². The fraction of sp³-hybridized carbons (Fsp3) is 0.250. The van der Waals surface area contributed by atoms with Crippen molar-refractivity contribution in [1.82, 2.24) is 19.7 Å². The highest BCUT2D eigenvalue weighted by Crippen LogP contribution is 2.37. The average Bonchev–Trinajstić information content (AvgIpc) is 3.07. The van der Waals surface area contributed by atoms with E-state index in [1.807, 2.05) is 0 Å². The largest absolute Gasteiger partial charge is 0.416 e. The third-order valence-corrected chi connectivity index (χ3v) is 5.12. The number of rotatable bonds is 4. The maximum atomic E-state index is 14.1. The SMILES string of the molecule is C=C(F)C(=O)N1CC(CF)(n2nc(-c3ccc(C(F)(F)F)cc3)c3cccnc32)C1. The van der Waals surface area contributed by atoms with Crippen LogP contribution in [0.15, 0.2) is 55.0 Å². The van der Waals surface area contributed by atoms with E-state index in [0.29, 0.717) is 22.3 Å². The number of hydrogen-bond acceptors (Lipinski definition) is 3. The van der Waals surface area contributed by atoms with Crippen molar-refractivity contribution in [1.29, 1.82) is 0 Å². The Balaban J connectivity index is 1.77. The van der Waals surface area contributed by atoms with Gasteiger partial charge in [-0.1, -0.05) is 18.7 Å². The first-order valence-corrected chi connectivity index (χ1v) is 8.88. The topological polar surface area (TPSA) is 51.0 Å². The summed E-state index contributed by atoms with van der Waals surface area (Å²) in [6, 6.07) is 7.77. The molecule has 0 saturated carbocycles. The highest BCUT2D eigenvalue weighted by atomic mass is 19.4. The molecule has 0 spiro atoms. The van der Waals surface area contributed by atoms with Crippen LogP contribution in [0.5, 0.6) is 0 Å². The molecule has 10 heteroatoms. The van der Waals surface area contributed by atoms with Gasteiger partial charge in [0.1, 0.15) is 17.9 Å². The van der Waals surface area contributed by atoms with Gasteiger partial charge in [-0.25, -0.2) is 18.4 Å². The van der Waals surface area contributed by atoms with Crippen LogP contribution >= 0.6 is 0 Å². The fourth-order valence-corrected chi connectivity index (χ4v) is 3.57. The third-order valence-electron chi connectivity index (χ3n) is 5.12. The molecule has 1 saturated heterocycles. The molecule has 30 heavy (non-hydrogen) atoms. The molecule has 0 bridgehead atoms. The first-order chi connectivity index (χ1) is 14.2. The number of benzene rings is 1. The molecule has 3 aromatic rings. The Morgan fingerprint density at radius 3 is 2.40 bits per heavy atom. The van der Waals surface area contributed by atoms with Crippen molar-refractivity contribution in [2.45, 2.75) is 11.7 Å². The molecule has 0 atom stereocenters. The number of carbonyl (C=O) groups excluding carboxylic acids is 1. The number of amides is 1. The number of alkyl halides is 4. The van der Waals surface area contributed by atoms with Crippen molar-refractivity contribution in [3.8, 4) is 11.3 Å². The number of fused-ring (bicyclic) bond motifs is 1. The Hall–Kier alpha value is -3.30. The molecular formula is C20H15F5N4O. The molecule has 0 N–H and O–H groups in total. The maximum absolute atomic E-state index is 14.1. The Morgan fingerprint density at radius 2 is 1.83 bits per heavy atom. The molecule has 0 unspecified atom stereocenters. The number of carbonyl (C=O) groups is 1. The van der Waals surface area contributed by atoms with Gasteiger partial charge in [0.05, 0.1) is 18.7 Å². The summed E-state index contributed by atoms with van der Waals surface area (Å²) < 4.78 is 67.1. The lowest BCUT2D eigenvalue weighted by Crippen LogP contribution is -2.65. The van der Waals surface area contributed by atoms with Crippen LogP contribution in [-0.4, -0.2) is 45.3 Å². The van der Waals surface area contributed by atoms with Gasteiger partial charge >= 0.3 is 6.18 Å². The second-order valence-electron chi connectivity index (χ2n) is 7.13. The van der Waals surface area contributed by atoms with Gasteiger partial charge < -0.3 is 4.90 Å². The van der Waals surface area contributed by atoms with Gasteiger partial charge in [0.25, 0.3) is 5.91 Å². The van der Waals surface area contributed by atoms with Crippen molar-refractivity contribution < 1.29 is 26.7 Å². The Morgan fingerprint density at radius 1 is 1.17 bits per heavy atom. The lowest BCUT2D eigenvalue weighted by molar-refractivity contribution is -0.140. The van der Waals surface area contributed by atoms with E-state index in [-0.39, 0.29) is 13.1 Å². The van der Waals surface area contributed by atoms with E-state index in [1.165, 1.54) is 23.0 Å². The van der Waals surface area contributed by atoms with Crippen molar-refractivity contribution >= 4 is 16.9 Å². The number of aromatic nitrogens is 3. The molecule has 5 nitrogen and oxygen atoms in total. The predicted molar refractivity (Wildman–Crippen MR) is 98.7 cm³/mol. The molecule has 2 aromatic heterocycles. The molecule has 1 aromatic carbocycles. The van der Waals surface area contributed by atoms with E-state index in [0.717, 1.165) is 17.0 Å². The summed E-state index contributed by atoms with van der Waals surface area (Å²) in [7, 11) is 0. The number of nitrogens with zero attached hydrogens (tertiary/aromatic N) is 4. The summed E-state index contributed by atoms with van der Waals surface area (Å²) in [5, 5.41) is 4.95. The van der Waals surface area contributed by atoms with Crippen molar-refractivity contribution in [3.63, 3.8) is 0 Å². The average molecular weight is 422 g/mol. The van der Waals surface area contributed by atoms with Crippen molar-refractivity contribution in [2.75, 3.05) is 19.8 Å². The number of halogens is 5. The van der Waals surface area contributed by atoms with Crippen LogP contribution in [0.1, 0.15) is 5.56 Å². The maximum Gasteiger partial charge on any atom is 0.416 e. The summed E-state index contributed by atoms with van der Waals surface area (Å²) in [4.78, 5) is 17.1. The summed E-state index contributed by atoms with van der Waals surface area (Å²) in [5.74, 6) is -2.07. The third kappa shape index (κ3) is 3.12. The predicted octanol–water partition coefficient (Wildman–Crippen LogP) is 4.11. The first kappa shape index (κ1) is 20.0. The summed E-state index contributed by atoms with van der Waals surface area (Å²) in [6.45, 7) is 1.79. The van der Waals surface area contributed by atoms with Gasteiger partial charge in [0.15, 0.2) is 11.5 Å². The molecule has 1 aliphatic rings. The lowest BCUT2D eigenvalue weighted by Gasteiger charge is -2.48. The zero-order chi connectivity index (χ0) is 21.7. The van der Waals surface area contributed by atoms with Crippen LogP contribution < -0.4 is 0 Å². The smallest absolute Gasteiger partial charge is 0.331 e. The van der Waals surface area contributed by atoms with Crippen LogP contribution in [-0.2, 0) is 16.5 Å². The van der Waals surface area contributed by atoms with Crippen molar-refractivity contribution in [2.24, 2.45) is 0 Å². The van der Waals surface area contributed by atoms with Gasteiger partial charge in [-0.15, -0.1) is 0 Å². The van der Waals surface area contributed by atoms with E-state index in [4.69, 9.17) is 0 Å². The summed E-state index contributed by atoms with van der Waals surface area (Å²) in [5.41, 5.74) is -0.997. The zero-order valence-electron chi connectivity index (χ0n) is 15.5. The van der Waals surface area contributed by atoms with E-state index < -0.39 is 35.7 Å². The van der Waals surface area contributed by atoms with E-state index in [2.05, 4.69) is 16.7 Å². The molecule has 3 heterocycles. The Kier molecular flexibility index (Phi) is 4.59. The minimum absolute atomic E-state index is 0.134. The Bertz CT molecular complexity index is 1130. The van der Waals surface area contributed by atoms with E-state index >= 15 is 0 Å². The Labute approximate surface area is 167 Å². The first-order valence-electron chi connectivity index (χ1n) is 8.88. The number of pyridine rings is 1. The zero-order valence-corrected chi connectivity index (χ0v) is 15.5. The van der Waals surface area contributed by atoms with Gasteiger partial charge in [-0.3, -0.25) is 4.79 Å². The molecule has 4 rings (SSSR count). The number of hydrogen-bond donors (Lipinski definition) is 0. The van der Waals surface area contributed by atoms with Gasteiger partial charge in [-0.2, -0.15) is 18.3 Å². The molecule has 0 radical (unpaired) electrons. The minimum Gasteiger partial charge on any atom is -0.331 e. The second kappa shape index (κ2) is 6.89. The van der Waals surface area contributed by atoms with E-state index in [9.17, 15) is 26.7 Å². The van der Waals surface area contributed by atoms with Crippen LogP contribution in [0.25, 0.3) is 22.3 Å². The molecule has 156 valence electrons. The van der Waals surface area contributed by atoms with E-state index in [1.54, 1.807) is 12.1 Å².